The summed E-state index contributed by atoms with van der Waals surface area (Å²) in [5, 5.41) is 4.56. The number of nitrogens with one attached hydrogen (secondary N) is 1. The predicted octanol–water partition coefficient (Wildman–Crippen LogP) is 5.49. The van der Waals surface area contributed by atoms with Gasteiger partial charge in [-0.2, -0.15) is 0 Å². The van der Waals surface area contributed by atoms with Crippen molar-refractivity contribution in [1.29, 1.82) is 0 Å². The molecule has 1 heterocycles. The highest BCUT2D eigenvalue weighted by atomic mass is 16.2. The van der Waals surface area contributed by atoms with Gasteiger partial charge in [-0.25, -0.2) is 0 Å². The van der Waals surface area contributed by atoms with Crippen molar-refractivity contribution in [2.45, 2.75) is 13.5 Å². The number of anilines is 2. The average molecular weight is 439 g/mol. The van der Waals surface area contributed by atoms with E-state index in [-0.39, 0.29) is 5.91 Å². The maximum absolute atomic E-state index is 13.5. The number of nitrogens with zero attached hydrogens (tertiary/aromatic N) is 3. The zero-order valence-corrected chi connectivity index (χ0v) is 19.5. The second kappa shape index (κ2) is 10.3. The number of para-hydroxylation sites is 1. The number of amides is 1. The number of aromatic nitrogens is 1. The van der Waals surface area contributed by atoms with Gasteiger partial charge >= 0.3 is 0 Å². The van der Waals surface area contributed by atoms with E-state index in [2.05, 4.69) is 33.4 Å². The summed E-state index contributed by atoms with van der Waals surface area (Å²) in [7, 11) is 4.05. The van der Waals surface area contributed by atoms with Gasteiger partial charge in [-0.3, -0.25) is 9.78 Å². The summed E-state index contributed by atoms with van der Waals surface area (Å²) in [4.78, 5) is 22.1. The van der Waals surface area contributed by atoms with Gasteiger partial charge in [-0.05, 0) is 56.9 Å². The molecule has 5 heteroatoms. The summed E-state index contributed by atoms with van der Waals surface area (Å²) >= 11 is 0. The molecule has 1 amide bonds. The van der Waals surface area contributed by atoms with Gasteiger partial charge < -0.3 is 15.1 Å². The van der Waals surface area contributed by atoms with Crippen molar-refractivity contribution in [3.63, 3.8) is 0 Å². The van der Waals surface area contributed by atoms with Crippen LogP contribution < -0.4 is 5.32 Å². The van der Waals surface area contributed by atoms with Gasteiger partial charge in [0.25, 0.3) is 5.91 Å². The van der Waals surface area contributed by atoms with Crippen LogP contribution in [0, 0.1) is 6.92 Å². The molecule has 0 atom stereocenters. The van der Waals surface area contributed by atoms with E-state index in [1.54, 1.807) is 0 Å². The van der Waals surface area contributed by atoms with Crippen LogP contribution in [0.4, 0.5) is 11.4 Å². The SMILES string of the molecule is Cc1cc(Nc2cccc(C(=O)N(CCN(C)C)Cc3ccccc3)c2)c2ccccc2n1. The second-order valence-electron chi connectivity index (χ2n) is 8.55. The normalized spacial score (nSPS) is 11.0. The lowest BCUT2D eigenvalue weighted by atomic mass is 10.1. The number of likely N-dealkylation sites (N-methyl/N-ethyl adjacent to an activating group) is 1. The third-order valence-electron chi connectivity index (χ3n) is 5.55. The van der Waals surface area contributed by atoms with Crippen molar-refractivity contribution >= 4 is 28.2 Å². The quantitative estimate of drug-likeness (QED) is 0.395. The van der Waals surface area contributed by atoms with Crippen molar-refractivity contribution in [2.24, 2.45) is 0 Å². The molecule has 168 valence electrons. The van der Waals surface area contributed by atoms with Crippen molar-refractivity contribution in [2.75, 3.05) is 32.5 Å². The minimum Gasteiger partial charge on any atom is -0.355 e. The number of pyridine rings is 1. The van der Waals surface area contributed by atoms with Gasteiger partial charge in [-0.15, -0.1) is 0 Å². The van der Waals surface area contributed by atoms with E-state index < -0.39 is 0 Å². The zero-order valence-electron chi connectivity index (χ0n) is 19.5. The number of rotatable bonds is 8. The topological polar surface area (TPSA) is 48.5 Å². The molecule has 0 fully saturated rings. The van der Waals surface area contributed by atoms with Crippen LogP contribution in [0.3, 0.4) is 0 Å². The van der Waals surface area contributed by atoms with E-state index in [1.165, 1.54) is 0 Å². The van der Waals surface area contributed by atoms with E-state index in [9.17, 15) is 4.79 Å². The molecule has 0 spiro atoms. The molecule has 0 saturated carbocycles. The molecule has 1 N–H and O–H groups in total. The van der Waals surface area contributed by atoms with Gasteiger partial charge in [-0.1, -0.05) is 54.6 Å². The highest BCUT2D eigenvalue weighted by Crippen LogP contribution is 2.27. The van der Waals surface area contributed by atoms with Gasteiger partial charge in [0, 0.05) is 47.7 Å². The molecular formula is C28H30N4O. The molecule has 33 heavy (non-hydrogen) atoms. The number of carbonyl (C=O) groups is 1. The molecule has 4 aromatic rings. The van der Waals surface area contributed by atoms with Crippen molar-refractivity contribution in [1.82, 2.24) is 14.8 Å². The molecule has 4 rings (SSSR count). The maximum Gasteiger partial charge on any atom is 0.254 e. The van der Waals surface area contributed by atoms with Crippen LogP contribution in [-0.4, -0.2) is 47.9 Å². The Morgan fingerprint density at radius 2 is 1.64 bits per heavy atom. The van der Waals surface area contributed by atoms with Crippen LogP contribution in [0.2, 0.25) is 0 Å². The first kappa shape index (κ1) is 22.5. The van der Waals surface area contributed by atoms with E-state index in [1.807, 2.05) is 92.6 Å². The molecule has 3 aromatic carbocycles. The minimum absolute atomic E-state index is 0.0279. The summed E-state index contributed by atoms with van der Waals surface area (Å²) < 4.78 is 0. The van der Waals surface area contributed by atoms with Crippen LogP contribution in [0.25, 0.3) is 10.9 Å². The third-order valence-corrected chi connectivity index (χ3v) is 5.55. The van der Waals surface area contributed by atoms with E-state index in [4.69, 9.17) is 0 Å². The Labute approximate surface area is 195 Å². The fourth-order valence-electron chi connectivity index (χ4n) is 3.86. The van der Waals surface area contributed by atoms with Gasteiger partial charge in [0.05, 0.1) is 5.52 Å². The first-order valence-electron chi connectivity index (χ1n) is 11.2. The number of aryl methyl sites for hydroxylation is 1. The average Bonchev–Trinajstić information content (AvgIpc) is 2.82. The first-order chi connectivity index (χ1) is 16.0. The number of fused-ring (bicyclic) bond motifs is 1. The van der Waals surface area contributed by atoms with E-state index in [0.717, 1.165) is 40.1 Å². The van der Waals surface area contributed by atoms with Crippen molar-refractivity contribution < 1.29 is 4.79 Å². The molecule has 0 aliphatic carbocycles. The third kappa shape index (κ3) is 5.76. The van der Waals surface area contributed by atoms with Crippen LogP contribution in [0.15, 0.2) is 84.9 Å². The second-order valence-corrected chi connectivity index (χ2v) is 8.55. The fourth-order valence-corrected chi connectivity index (χ4v) is 3.86. The lowest BCUT2D eigenvalue weighted by Gasteiger charge is -2.25. The zero-order chi connectivity index (χ0) is 23.2. The Morgan fingerprint density at radius 3 is 2.42 bits per heavy atom. The number of hydrogen-bond acceptors (Lipinski definition) is 4. The lowest BCUT2D eigenvalue weighted by Crippen LogP contribution is -2.36. The van der Waals surface area contributed by atoms with Crippen LogP contribution >= 0.6 is 0 Å². The Bertz CT molecular complexity index is 1240. The summed E-state index contributed by atoms with van der Waals surface area (Å²) in [5.41, 5.74) is 5.55. The van der Waals surface area contributed by atoms with E-state index in [0.29, 0.717) is 18.7 Å². The van der Waals surface area contributed by atoms with Gasteiger partial charge in [0.1, 0.15) is 0 Å². The molecule has 5 nitrogen and oxygen atoms in total. The summed E-state index contributed by atoms with van der Waals surface area (Å²) in [6, 6.07) is 28.0. The Balaban J connectivity index is 1.59. The Kier molecular flexibility index (Phi) is 7.01. The van der Waals surface area contributed by atoms with Crippen LogP contribution in [-0.2, 0) is 6.54 Å². The molecule has 0 saturated heterocycles. The monoisotopic (exact) mass is 438 g/mol. The Hall–Kier alpha value is -3.70. The largest absolute Gasteiger partial charge is 0.355 e. The highest BCUT2D eigenvalue weighted by Gasteiger charge is 2.17. The smallest absolute Gasteiger partial charge is 0.254 e. The maximum atomic E-state index is 13.5. The van der Waals surface area contributed by atoms with E-state index >= 15 is 0 Å². The summed E-state index contributed by atoms with van der Waals surface area (Å²) in [6.07, 6.45) is 0. The predicted molar refractivity (Wildman–Crippen MR) is 136 cm³/mol. The molecule has 0 radical (unpaired) electrons. The molecule has 0 aliphatic heterocycles. The molecule has 0 bridgehead atoms. The standard InChI is InChI=1S/C28H30N4O/c1-21-18-27(25-14-7-8-15-26(25)29-21)30-24-13-9-12-23(19-24)28(33)32(17-16-31(2)3)20-22-10-5-4-6-11-22/h4-15,18-19H,16-17,20H2,1-3H3,(H,29,30). The molecular weight excluding hydrogens is 408 g/mol. The number of hydrogen-bond donors (Lipinski definition) is 1. The van der Waals surface area contributed by atoms with Crippen molar-refractivity contribution in [3.8, 4) is 0 Å². The summed E-state index contributed by atoms with van der Waals surface area (Å²) in [6.45, 7) is 4.04. The van der Waals surface area contributed by atoms with Gasteiger partial charge in [0.2, 0.25) is 0 Å². The fraction of sp³-hybridized carbons (Fsp3) is 0.214. The van der Waals surface area contributed by atoms with Crippen molar-refractivity contribution in [3.05, 3.63) is 102 Å². The van der Waals surface area contributed by atoms with Crippen LogP contribution in [0.5, 0.6) is 0 Å². The summed E-state index contributed by atoms with van der Waals surface area (Å²) in [5.74, 6) is 0.0279. The molecule has 0 unspecified atom stereocenters. The first-order valence-corrected chi connectivity index (χ1v) is 11.2. The number of benzene rings is 3. The Morgan fingerprint density at radius 1 is 0.879 bits per heavy atom. The van der Waals surface area contributed by atoms with Crippen LogP contribution in [0.1, 0.15) is 21.6 Å². The van der Waals surface area contributed by atoms with Gasteiger partial charge in [0.15, 0.2) is 0 Å². The molecule has 0 aliphatic rings. The molecule has 1 aromatic heterocycles. The number of carbonyl (C=O) groups excluding carboxylic acids is 1. The highest BCUT2D eigenvalue weighted by molar-refractivity contribution is 5.96. The minimum atomic E-state index is 0.0279. The lowest BCUT2D eigenvalue weighted by molar-refractivity contribution is 0.0732.